The lowest BCUT2D eigenvalue weighted by atomic mass is 10.0. The number of carboxylic acids is 1. The second-order valence-electron chi connectivity index (χ2n) is 5.37. The van der Waals surface area contributed by atoms with Gasteiger partial charge in [-0.2, -0.15) is 0 Å². The molecule has 0 heterocycles. The monoisotopic (exact) mass is 329 g/mol. The van der Waals surface area contributed by atoms with E-state index in [1.807, 2.05) is 0 Å². The van der Waals surface area contributed by atoms with Gasteiger partial charge in [-0.25, -0.2) is 17.9 Å². The Labute approximate surface area is 129 Å². The molecule has 0 aliphatic rings. The Morgan fingerprint density at radius 2 is 1.86 bits per heavy atom. The van der Waals surface area contributed by atoms with Gasteiger partial charge >= 0.3 is 11.9 Å². The Kier molecular flexibility index (Phi) is 5.67. The van der Waals surface area contributed by atoms with E-state index < -0.39 is 27.5 Å². The van der Waals surface area contributed by atoms with Crippen LogP contribution in [-0.2, 0) is 19.6 Å². The smallest absolute Gasteiger partial charge is 0.339 e. The first-order chi connectivity index (χ1) is 10.1. The Bertz CT molecular complexity index is 666. The number of carboxylic acid groups (broad SMARTS) is 1. The molecule has 0 spiro atoms. The summed E-state index contributed by atoms with van der Waals surface area (Å²) < 4.78 is 31.9. The quantitative estimate of drug-likeness (QED) is 0.732. The van der Waals surface area contributed by atoms with Crippen LogP contribution in [0.2, 0.25) is 0 Å². The van der Waals surface area contributed by atoms with Gasteiger partial charge in [0.05, 0.1) is 17.6 Å². The third-order valence-electron chi connectivity index (χ3n) is 2.96. The first-order valence-corrected chi connectivity index (χ1v) is 8.00. The molecule has 0 saturated carbocycles. The van der Waals surface area contributed by atoms with E-state index in [-0.39, 0.29) is 23.3 Å². The maximum Gasteiger partial charge on any atom is 0.339 e. The highest BCUT2D eigenvalue weighted by atomic mass is 32.2. The maximum absolute atomic E-state index is 12.5. The van der Waals surface area contributed by atoms with Gasteiger partial charge in [0.2, 0.25) is 10.0 Å². The van der Waals surface area contributed by atoms with Crippen molar-refractivity contribution in [3.63, 3.8) is 0 Å². The molecule has 0 aromatic heterocycles. The molecule has 0 radical (unpaired) electrons. The van der Waals surface area contributed by atoms with Gasteiger partial charge in [-0.1, -0.05) is 12.1 Å². The number of carbonyl (C=O) groups excluding carboxylic acids is 1. The lowest BCUT2D eigenvalue weighted by Gasteiger charge is -2.25. The molecule has 1 aromatic carbocycles. The van der Waals surface area contributed by atoms with Crippen molar-refractivity contribution in [1.29, 1.82) is 0 Å². The van der Waals surface area contributed by atoms with E-state index in [2.05, 4.69) is 9.46 Å². The van der Waals surface area contributed by atoms with Crippen LogP contribution in [0.25, 0.3) is 0 Å². The van der Waals surface area contributed by atoms with Gasteiger partial charge in [-0.3, -0.25) is 4.79 Å². The van der Waals surface area contributed by atoms with Gasteiger partial charge < -0.3 is 9.84 Å². The van der Waals surface area contributed by atoms with Crippen molar-refractivity contribution in [3.05, 3.63) is 29.8 Å². The molecule has 0 bridgehead atoms. The number of hydrogen-bond donors (Lipinski definition) is 2. The van der Waals surface area contributed by atoms with Crippen LogP contribution in [0.4, 0.5) is 0 Å². The molecule has 122 valence electrons. The molecule has 0 fully saturated rings. The average molecular weight is 329 g/mol. The summed E-state index contributed by atoms with van der Waals surface area (Å²) in [5.74, 6) is -1.77. The minimum atomic E-state index is -4.00. The van der Waals surface area contributed by atoms with Crippen LogP contribution in [-0.4, -0.2) is 38.1 Å². The second-order valence-corrected chi connectivity index (χ2v) is 7.02. The van der Waals surface area contributed by atoms with E-state index in [1.54, 1.807) is 13.8 Å². The lowest BCUT2D eigenvalue weighted by Crippen LogP contribution is -2.44. The summed E-state index contributed by atoms with van der Waals surface area (Å²) in [6.45, 7) is 3.16. The van der Waals surface area contributed by atoms with E-state index in [1.165, 1.54) is 24.3 Å². The number of sulfonamides is 1. The Hall–Kier alpha value is -1.93. The molecule has 1 aromatic rings. The number of benzene rings is 1. The van der Waals surface area contributed by atoms with Crippen molar-refractivity contribution in [3.8, 4) is 0 Å². The van der Waals surface area contributed by atoms with Crippen molar-refractivity contribution in [1.82, 2.24) is 4.72 Å². The second kappa shape index (κ2) is 6.89. The van der Waals surface area contributed by atoms with Crippen LogP contribution in [0.3, 0.4) is 0 Å². The fourth-order valence-corrected chi connectivity index (χ4v) is 3.51. The fraction of sp³-hybridized carbons (Fsp3) is 0.429. The highest BCUT2D eigenvalue weighted by Gasteiger charge is 2.29. The van der Waals surface area contributed by atoms with Gasteiger partial charge in [0.25, 0.3) is 0 Å². The summed E-state index contributed by atoms with van der Waals surface area (Å²) in [7, 11) is -2.83. The fourth-order valence-electron chi connectivity index (χ4n) is 1.87. The third-order valence-corrected chi connectivity index (χ3v) is 4.71. The van der Waals surface area contributed by atoms with E-state index in [0.717, 1.165) is 7.11 Å². The molecule has 0 saturated heterocycles. The molecule has 0 aliphatic heterocycles. The Morgan fingerprint density at radius 3 is 2.41 bits per heavy atom. The van der Waals surface area contributed by atoms with Crippen LogP contribution in [0.1, 0.15) is 37.0 Å². The lowest BCUT2D eigenvalue weighted by molar-refractivity contribution is -0.137. The minimum Gasteiger partial charge on any atom is -0.481 e. The van der Waals surface area contributed by atoms with Gasteiger partial charge in [0.15, 0.2) is 0 Å². The molecular weight excluding hydrogens is 310 g/mol. The van der Waals surface area contributed by atoms with Crippen LogP contribution in [0, 0.1) is 0 Å². The van der Waals surface area contributed by atoms with E-state index in [9.17, 15) is 18.0 Å². The summed E-state index contributed by atoms with van der Waals surface area (Å²) in [5, 5.41) is 8.70. The third kappa shape index (κ3) is 4.81. The zero-order valence-corrected chi connectivity index (χ0v) is 13.4. The Balaban J connectivity index is 3.10. The molecule has 8 heteroatoms. The van der Waals surface area contributed by atoms with E-state index >= 15 is 0 Å². The largest absolute Gasteiger partial charge is 0.481 e. The van der Waals surface area contributed by atoms with Gasteiger partial charge in [0, 0.05) is 12.0 Å². The molecule has 0 atom stereocenters. The van der Waals surface area contributed by atoms with Gasteiger partial charge in [0.1, 0.15) is 0 Å². The number of carbonyl (C=O) groups is 2. The minimum absolute atomic E-state index is 0.0773. The summed E-state index contributed by atoms with van der Waals surface area (Å²) in [6, 6.07) is 5.67. The standard InChI is InChI=1S/C14H19NO6S/c1-14(2,9-8-12(16)17)15-22(19,20)11-7-5-4-6-10(11)13(18)21-3/h4-7,15H,8-9H2,1-3H3,(H,16,17). The molecule has 0 unspecified atom stereocenters. The highest BCUT2D eigenvalue weighted by molar-refractivity contribution is 7.89. The van der Waals surface area contributed by atoms with Gasteiger partial charge in [-0.05, 0) is 32.4 Å². The first kappa shape index (κ1) is 18.1. The zero-order chi connectivity index (χ0) is 17.0. The van der Waals surface area contributed by atoms with Crippen molar-refractivity contribution in [2.24, 2.45) is 0 Å². The highest BCUT2D eigenvalue weighted by Crippen LogP contribution is 2.20. The summed E-state index contributed by atoms with van der Waals surface area (Å²) >= 11 is 0. The predicted octanol–water partition coefficient (Wildman–Crippen LogP) is 1.39. The summed E-state index contributed by atoms with van der Waals surface area (Å²) in [4.78, 5) is 22.1. The number of ether oxygens (including phenoxy) is 1. The van der Waals surface area contributed by atoms with Crippen molar-refractivity contribution < 1.29 is 27.9 Å². The normalized spacial score (nSPS) is 12.0. The summed E-state index contributed by atoms with van der Waals surface area (Å²) in [6.07, 6.45) is -0.0594. The van der Waals surface area contributed by atoms with E-state index in [4.69, 9.17) is 5.11 Å². The first-order valence-electron chi connectivity index (χ1n) is 6.52. The maximum atomic E-state index is 12.5. The van der Waals surface area contributed by atoms with Crippen LogP contribution in [0.5, 0.6) is 0 Å². The number of nitrogens with one attached hydrogen (secondary N) is 1. The molecular formula is C14H19NO6S. The van der Waals surface area contributed by atoms with Gasteiger partial charge in [-0.15, -0.1) is 0 Å². The Morgan fingerprint density at radius 1 is 1.27 bits per heavy atom. The number of hydrogen-bond acceptors (Lipinski definition) is 5. The molecule has 1 rings (SSSR count). The van der Waals surface area contributed by atoms with Crippen molar-refractivity contribution in [2.75, 3.05) is 7.11 Å². The predicted molar refractivity (Wildman–Crippen MR) is 79.1 cm³/mol. The number of rotatable bonds is 7. The molecule has 2 N–H and O–H groups in total. The molecule has 0 aliphatic carbocycles. The topological polar surface area (TPSA) is 110 Å². The number of aliphatic carboxylic acids is 1. The average Bonchev–Trinajstić information content (AvgIpc) is 2.43. The SMILES string of the molecule is COC(=O)c1ccccc1S(=O)(=O)NC(C)(C)CCC(=O)O. The molecule has 22 heavy (non-hydrogen) atoms. The van der Waals surface area contributed by atoms with Crippen molar-refractivity contribution in [2.45, 2.75) is 37.1 Å². The van der Waals surface area contributed by atoms with Crippen LogP contribution >= 0.6 is 0 Å². The zero-order valence-electron chi connectivity index (χ0n) is 12.6. The number of methoxy groups -OCH3 is 1. The van der Waals surface area contributed by atoms with Crippen LogP contribution < -0.4 is 4.72 Å². The summed E-state index contributed by atoms with van der Waals surface area (Å²) in [5.41, 5.74) is -1.05. The van der Waals surface area contributed by atoms with Crippen LogP contribution in [0.15, 0.2) is 29.2 Å². The molecule has 7 nitrogen and oxygen atoms in total. The van der Waals surface area contributed by atoms with E-state index in [0.29, 0.717) is 0 Å². The number of esters is 1. The molecule has 0 amide bonds. The van der Waals surface area contributed by atoms with Crippen molar-refractivity contribution >= 4 is 22.0 Å².